The Labute approximate surface area is 66.7 Å². The highest BCUT2D eigenvalue weighted by Gasteiger charge is 2.32. The molecule has 1 heterocycles. The van der Waals surface area contributed by atoms with Gasteiger partial charge in [0.05, 0.1) is 13.2 Å². The summed E-state index contributed by atoms with van der Waals surface area (Å²) in [6.45, 7) is 3.28. The van der Waals surface area contributed by atoms with Gasteiger partial charge in [0.15, 0.2) is 6.29 Å². The molecule has 1 aliphatic heterocycles. The zero-order chi connectivity index (χ0) is 8.16. The molecule has 1 saturated heterocycles. The largest absolute Gasteiger partial charge is 0.344 e. The third kappa shape index (κ3) is 2.01. The van der Waals surface area contributed by atoms with E-state index in [9.17, 15) is 4.79 Å². The lowest BCUT2D eigenvalue weighted by atomic mass is 10.1. The van der Waals surface area contributed by atoms with E-state index in [1.165, 1.54) is 0 Å². The molecule has 0 aromatic rings. The van der Waals surface area contributed by atoms with Gasteiger partial charge in [-0.05, 0) is 6.42 Å². The molecule has 3 heteroatoms. The van der Waals surface area contributed by atoms with Crippen molar-refractivity contribution in [3.05, 3.63) is 0 Å². The van der Waals surface area contributed by atoms with Crippen molar-refractivity contribution in [3.8, 4) is 0 Å². The molecule has 1 fully saturated rings. The SMILES string of the molecule is CCCC1(C=O)OCCCO1. The maximum absolute atomic E-state index is 10.6. The summed E-state index contributed by atoms with van der Waals surface area (Å²) in [5.74, 6) is -0.910. The summed E-state index contributed by atoms with van der Waals surface area (Å²) in [5, 5.41) is 0. The van der Waals surface area contributed by atoms with Crippen LogP contribution in [0, 0.1) is 0 Å². The highest BCUT2D eigenvalue weighted by molar-refractivity contribution is 5.60. The first-order chi connectivity index (χ1) is 5.33. The van der Waals surface area contributed by atoms with Gasteiger partial charge in [0.1, 0.15) is 0 Å². The van der Waals surface area contributed by atoms with Crippen LogP contribution in [0.3, 0.4) is 0 Å². The number of carbonyl (C=O) groups excluding carboxylic acids is 1. The second-order valence-electron chi connectivity index (χ2n) is 2.73. The van der Waals surface area contributed by atoms with E-state index in [1.54, 1.807) is 0 Å². The minimum Gasteiger partial charge on any atom is -0.344 e. The molecular formula is C8H14O3. The van der Waals surface area contributed by atoms with Gasteiger partial charge in [0, 0.05) is 6.42 Å². The minimum absolute atomic E-state index is 0.638. The lowest BCUT2D eigenvalue weighted by Gasteiger charge is -2.31. The predicted octanol–water partition coefficient (Wildman–Crippen LogP) is 1.12. The third-order valence-corrected chi connectivity index (χ3v) is 1.76. The molecule has 11 heavy (non-hydrogen) atoms. The van der Waals surface area contributed by atoms with Crippen LogP contribution >= 0.6 is 0 Å². The molecule has 0 atom stereocenters. The highest BCUT2D eigenvalue weighted by atomic mass is 16.7. The molecule has 0 aromatic heterocycles. The third-order valence-electron chi connectivity index (χ3n) is 1.76. The molecule has 0 N–H and O–H groups in total. The summed E-state index contributed by atoms with van der Waals surface area (Å²) < 4.78 is 10.5. The molecule has 3 nitrogen and oxygen atoms in total. The maximum atomic E-state index is 10.6. The molecule has 64 valence electrons. The van der Waals surface area contributed by atoms with Gasteiger partial charge in [0.25, 0.3) is 0 Å². The molecule has 0 bridgehead atoms. The number of ether oxygens (including phenoxy) is 2. The van der Waals surface area contributed by atoms with Crippen LogP contribution in [0.5, 0.6) is 0 Å². The van der Waals surface area contributed by atoms with E-state index in [2.05, 4.69) is 0 Å². The molecule has 1 aliphatic rings. The Kier molecular flexibility index (Phi) is 3.02. The van der Waals surface area contributed by atoms with E-state index in [4.69, 9.17) is 9.47 Å². The van der Waals surface area contributed by atoms with E-state index >= 15 is 0 Å². The van der Waals surface area contributed by atoms with Crippen LogP contribution in [0.1, 0.15) is 26.2 Å². The van der Waals surface area contributed by atoms with Crippen molar-refractivity contribution in [1.82, 2.24) is 0 Å². The van der Waals surface area contributed by atoms with Crippen molar-refractivity contribution in [2.45, 2.75) is 32.0 Å². The summed E-state index contributed by atoms with van der Waals surface area (Å²) in [6, 6.07) is 0. The van der Waals surface area contributed by atoms with Gasteiger partial charge in [0.2, 0.25) is 5.79 Å². The second-order valence-corrected chi connectivity index (χ2v) is 2.73. The smallest absolute Gasteiger partial charge is 0.225 e. The Balaban J connectivity index is 2.49. The zero-order valence-electron chi connectivity index (χ0n) is 6.84. The fourth-order valence-electron chi connectivity index (χ4n) is 1.21. The van der Waals surface area contributed by atoms with Crippen LogP contribution in [0.2, 0.25) is 0 Å². The van der Waals surface area contributed by atoms with Crippen molar-refractivity contribution < 1.29 is 14.3 Å². The normalized spacial score (nSPS) is 23.0. The van der Waals surface area contributed by atoms with Crippen LogP contribution in [0.4, 0.5) is 0 Å². The molecule has 0 radical (unpaired) electrons. The number of carbonyl (C=O) groups is 1. The van der Waals surface area contributed by atoms with Crippen molar-refractivity contribution in [1.29, 1.82) is 0 Å². The van der Waals surface area contributed by atoms with Crippen LogP contribution < -0.4 is 0 Å². The van der Waals surface area contributed by atoms with Gasteiger partial charge >= 0.3 is 0 Å². The minimum atomic E-state index is -0.910. The highest BCUT2D eigenvalue weighted by Crippen LogP contribution is 2.21. The van der Waals surface area contributed by atoms with E-state index in [1.807, 2.05) is 6.92 Å². The summed E-state index contributed by atoms with van der Waals surface area (Å²) in [4.78, 5) is 10.6. The fraction of sp³-hybridized carbons (Fsp3) is 0.875. The molecule has 0 aliphatic carbocycles. The quantitative estimate of drug-likeness (QED) is 0.577. The van der Waals surface area contributed by atoms with E-state index in [0.29, 0.717) is 19.6 Å². The van der Waals surface area contributed by atoms with Crippen LogP contribution in [-0.2, 0) is 14.3 Å². The van der Waals surface area contributed by atoms with E-state index in [0.717, 1.165) is 19.1 Å². The van der Waals surface area contributed by atoms with Crippen molar-refractivity contribution in [2.75, 3.05) is 13.2 Å². The lowest BCUT2D eigenvalue weighted by Crippen LogP contribution is -2.41. The number of hydrogen-bond acceptors (Lipinski definition) is 3. The van der Waals surface area contributed by atoms with Crippen molar-refractivity contribution in [3.63, 3.8) is 0 Å². The predicted molar refractivity (Wildman–Crippen MR) is 40.2 cm³/mol. The summed E-state index contributed by atoms with van der Waals surface area (Å²) in [5.41, 5.74) is 0. The van der Waals surface area contributed by atoms with Crippen molar-refractivity contribution in [2.24, 2.45) is 0 Å². The number of hydrogen-bond donors (Lipinski definition) is 0. The summed E-state index contributed by atoms with van der Waals surface area (Å²) >= 11 is 0. The molecule has 0 aromatic carbocycles. The molecular weight excluding hydrogens is 144 g/mol. The Morgan fingerprint density at radius 2 is 2.09 bits per heavy atom. The van der Waals surface area contributed by atoms with Gasteiger partial charge in [-0.1, -0.05) is 13.3 Å². The standard InChI is InChI=1S/C8H14O3/c1-2-4-8(7-9)10-5-3-6-11-8/h7H,2-6H2,1H3. The summed E-state index contributed by atoms with van der Waals surface area (Å²) in [7, 11) is 0. The Morgan fingerprint density at radius 1 is 1.45 bits per heavy atom. The first-order valence-electron chi connectivity index (χ1n) is 4.07. The average Bonchev–Trinajstić information content (AvgIpc) is 2.07. The molecule has 0 saturated carbocycles. The van der Waals surface area contributed by atoms with Gasteiger partial charge in [-0.2, -0.15) is 0 Å². The molecule has 0 spiro atoms. The summed E-state index contributed by atoms with van der Waals surface area (Å²) in [6.07, 6.45) is 3.23. The number of aldehydes is 1. The monoisotopic (exact) mass is 158 g/mol. The van der Waals surface area contributed by atoms with Gasteiger partial charge in [-0.3, -0.25) is 4.79 Å². The Bertz CT molecular complexity index is 122. The maximum Gasteiger partial charge on any atom is 0.225 e. The van der Waals surface area contributed by atoms with E-state index in [-0.39, 0.29) is 0 Å². The first kappa shape index (κ1) is 8.68. The van der Waals surface area contributed by atoms with E-state index < -0.39 is 5.79 Å². The average molecular weight is 158 g/mol. The van der Waals surface area contributed by atoms with Crippen LogP contribution in [-0.4, -0.2) is 25.3 Å². The fourth-order valence-corrected chi connectivity index (χ4v) is 1.21. The lowest BCUT2D eigenvalue weighted by molar-refractivity contribution is -0.247. The second kappa shape index (κ2) is 3.83. The number of rotatable bonds is 3. The van der Waals surface area contributed by atoms with Gasteiger partial charge < -0.3 is 9.47 Å². The molecule has 0 amide bonds. The Hall–Kier alpha value is -0.410. The molecule has 0 unspecified atom stereocenters. The van der Waals surface area contributed by atoms with Gasteiger partial charge in [-0.15, -0.1) is 0 Å². The van der Waals surface area contributed by atoms with Crippen molar-refractivity contribution >= 4 is 6.29 Å². The topological polar surface area (TPSA) is 35.5 Å². The zero-order valence-corrected chi connectivity index (χ0v) is 6.84. The van der Waals surface area contributed by atoms with Crippen LogP contribution in [0.25, 0.3) is 0 Å². The Morgan fingerprint density at radius 3 is 2.55 bits per heavy atom. The first-order valence-corrected chi connectivity index (χ1v) is 4.07. The van der Waals surface area contributed by atoms with Gasteiger partial charge in [-0.25, -0.2) is 0 Å². The molecule has 1 rings (SSSR count). The van der Waals surface area contributed by atoms with Crippen LogP contribution in [0.15, 0.2) is 0 Å².